The lowest BCUT2D eigenvalue weighted by Crippen LogP contribution is -2.04. The smallest absolute Gasteiger partial charge is 0.0428 e. The molecule has 1 heteroatoms. The van der Waals surface area contributed by atoms with Crippen molar-refractivity contribution >= 4 is 5.71 Å². The van der Waals surface area contributed by atoms with E-state index in [0.717, 1.165) is 12.1 Å². The van der Waals surface area contributed by atoms with Gasteiger partial charge >= 0.3 is 0 Å². The van der Waals surface area contributed by atoms with Crippen LogP contribution in [0.2, 0.25) is 0 Å². The topological polar surface area (TPSA) is 12.4 Å². The van der Waals surface area contributed by atoms with E-state index >= 15 is 0 Å². The normalized spacial score (nSPS) is 25.6. The van der Waals surface area contributed by atoms with Crippen LogP contribution >= 0.6 is 0 Å². The van der Waals surface area contributed by atoms with Crippen molar-refractivity contribution in [2.45, 2.75) is 46.0 Å². The molecular formula is C13H21N. The second-order valence-corrected chi connectivity index (χ2v) is 4.26. The maximum atomic E-state index is 4.57. The van der Waals surface area contributed by atoms with E-state index in [4.69, 9.17) is 0 Å². The van der Waals surface area contributed by atoms with E-state index < -0.39 is 0 Å². The van der Waals surface area contributed by atoms with Crippen LogP contribution in [0.5, 0.6) is 0 Å². The number of hydrogen-bond donors (Lipinski definition) is 0. The average molecular weight is 191 g/mol. The number of hydrogen-bond acceptors (Lipinski definition) is 1. The molecule has 0 aliphatic carbocycles. The first-order valence-electron chi connectivity index (χ1n) is 5.63. The summed E-state index contributed by atoms with van der Waals surface area (Å²) < 4.78 is 0. The standard InChI is InChI=1S/C13H21N/c1-11(2)13-10-8-6-4-5-7-9-12(3)14-13/h8,10-11H,3-7,9H2,1-2H3/b10-8-,14-13+. The Bertz CT molecular complexity index is 246. The summed E-state index contributed by atoms with van der Waals surface area (Å²) in [6, 6.07) is 0. The molecule has 78 valence electrons. The first kappa shape index (κ1) is 11.2. The fourth-order valence-electron chi connectivity index (χ4n) is 1.57. The lowest BCUT2D eigenvalue weighted by atomic mass is 10.0. The van der Waals surface area contributed by atoms with Gasteiger partial charge in [-0.15, -0.1) is 0 Å². The molecule has 1 rings (SSSR count). The van der Waals surface area contributed by atoms with Gasteiger partial charge in [-0.25, -0.2) is 0 Å². The predicted octanol–water partition coefficient (Wildman–Crippen LogP) is 4.12. The van der Waals surface area contributed by atoms with Crippen molar-refractivity contribution in [3.05, 3.63) is 24.4 Å². The van der Waals surface area contributed by atoms with Crippen LogP contribution in [0.25, 0.3) is 0 Å². The van der Waals surface area contributed by atoms with E-state index in [9.17, 15) is 0 Å². The molecule has 0 N–H and O–H groups in total. The van der Waals surface area contributed by atoms with E-state index in [0.29, 0.717) is 5.92 Å². The molecule has 0 fully saturated rings. The Morgan fingerprint density at radius 2 is 2.07 bits per heavy atom. The number of allylic oxidation sites excluding steroid dienone is 3. The zero-order chi connectivity index (χ0) is 10.4. The number of rotatable bonds is 1. The van der Waals surface area contributed by atoms with Crippen molar-refractivity contribution in [3.8, 4) is 0 Å². The van der Waals surface area contributed by atoms with Gasteiger partial charge in [-0.1, -0.05) is 32.9 Å². The Kier molecular flexibility index (Phi) is 4.64. The van der Waals surface area contributed by atoms with Crippen LogP contribution in [-0.4, -0.2) is 5.71 Å². The molecule has 0 saturated carbocycles. The molecule has 0 spiro atoms. The molecule has 0 bridgehead atoms. The highest BCUT2D eigenvalue weighted by molar-refractivity contribution is 5.97. The summed E-state index contributed by atoms with van der Waals surface area (Å²) in [5, 5.41) is 0. The van der Waals surface area contributed by atoms with Crippen LogP contribution < -0.4 is 0 Å². The minimum Gasteiger partial charge on any atom is -0.258 e. The van der Waals surface area contributed by atoms with Gasteiger partial charge in [-0.2, -0.15) is 0 Å². The van der Waals surface area contributed by atoms with Crippen LogP contribution in [0.1, 0.15) is 46.0 Å². The van der Waals surface area contributed by atoms with E-state index in [1.54, 1.807) is 0 Å². The number of nitrogens with zero attached hydrogens (tertiary/aromatic N) is 1. The van der Waals surface area contributed by atoms with E-state index in [2.05, 4.69) is 37.6 Å². The molecule has 0 radical (unpaired) electrons. The van der Waals surface area contributed by atoms with Crippen LogP contribution in [-0.2, 0) is 0 Å². The Balaban J connectivity index is 2.74. The largest absolute Gasteiger partial charge is 0.258 e. The minimum absolute atomic E-state index is 0.502. The van der Waals surface area contributed by atoms with Crippen molar-refractivity contribution in [1.29, 1.82) is 0 Å². The summed E-state index contributed by atoms with van der Waals surface area (Å²) in [5.41, 5.74) is 2.22. The summed E-state index contributed by atoms with van der Waals surface area (Å²) in [5.74, 6) is 0.502. The lowest BCUT2D eigenvalue weighted by Gasteiger charge is -2.09. The Morgan fingerprint density at radius 1 is 1.29 bits per heavy atom. The highest BCUT2D eigenvalue weighted by Crippen LogP contribution is 2.14. The SMILES string of the molecule is C=C1CCCCC/C=C\C(C(C)C)=N/1. The lowest BCUT2D eigenvalue weighted by molar-refractivity contribution is 0.679. The molecule has 0 aromatic heterocycles. The predicted molar refractivity (Wildman–Crippen MR) is 63.6 cm³/mol. The van der Waals surface area contributed by atoms with Crippen molar-refractivity contribution in [3.63, 3.8) is 0 Å². The molecule has 1 aliphatic heterocycles. The monoisotopic (exact) mass is 191 g/mol. The van der Waals surface area contributed by atoms with Crippen LogP contribution in [0.3, 0.4) is 0 Å². The third kappa shape index (κ3) is 3.91. The molecule has 14 heavy (non-hydrogen) atoms. The highest BCUT2D eigenvalue weighted by atomic mass is 14.8. The van der Waals surface area contributed by atoms with Crippen molar-refractivity contribution in [2.24, 2.45) is 10.9 Å². The van der Waals surface area contributed by atoms with Crippen LogP contribution in [0.4, 0.5) is 0 Å². The summed E-state index contributed by atoms with van der Waals surface area (Å²) in [6.07, 6.45) is 10.5. The molecular weight excluding hydrogens is 170 g/mol. The van der Waals surface area contributed by atoms with Crippen molar-refractivity contribution < 1.29 is 0 Å². The first-order chi connectivity index (χ1) is 6.70. The summed E-state index contributed by atoms with van der Waals surface area (Å²) in [7, 11) is 0. The molecule has 0 amide bonds. The number of aliphatic imine (C=N–C) groups is 1. The van der Waals surface area contributed by atoms with Gasteiger partial charge in [0.25, 0.3) is 0 Å². The molecule has 0 saturated heterocycles. The Labute approximate surface area is 87.6 Å². The van der Waals surface area contributed by atoms with Crippen molar-refractivity contribution in [2.75, 3.05) is 0 Å². The van der Waals surface area contributed by atoms with Gasteiger partial charge in [-0.05, 0) is 37.7 Å². The fraction of sp³-hybridized carbons (Fsp3) is 0.615. The van der Waals surface area contributed by atoms with Crippen LogP contribution in [0, 0.1) is 5.92 Å². The molecule has 0 unspecified atom stereocenters. The van der Waals surface area contributed by atoms with E-state index in [1.165, 1.54) is 31.4 Å². The maximum Gasteiger partial charge on any atom is 0.0428 e. The van der Waals surface area contributed by atoms with Gasteiger partial charge in [0.2, 0.25) is 0 Å². The van der Waals surface area contributed by atoms with Crippen molar-refractivity contribution in [1.82, 2.24) is 0 Å². The summed E-state index contributed by atoms with van der Waals surface area (Å²) in [4.78, 5) is 4.57. The third-order valence-corrected chi connectivity index (χ3v) is 2.50. The second kappa shape index (κ2) is 5.79. The first-order valence-corrected chi connectivity index (χ1v) is 5.63. The highest BCUT2D eigenvalue weighted by Gasteiger charge is 2.03. The average Bonchev–Trinajstić information content (AvgIpc) is 2.15. The molecule has 1 aliphatic rings. The second-order valence-electron chi connectivity index (χ2n) is 4.26. The van der Waals surface area contributed by atoms with Crippen LogP contribution in [0.15, 0.2) is 29.4 Å². The van der Waals surface area contributed by atoms with Gasteiger partial charge in [-0.3, -0.25) is 4.99 Å². The molecule has 0 aromatic carbocycles. The fourth-order valence-corrected chi connectivity index (χ4v) is 1.57. The zero-order valence-electron chi connectivity index (χ0n) is 9.42. The summed E-state index contributed by atoms with van der Waals surface area (Å²) in [6.45, 7) is 8.36. The molecule has 0 atom stereocenters. The van der Waals surface area contributed by atoms with Gasteiger partial charge in [0, 0.05) is 11.4 Å². The van der Waals surface area contributed by atoms with E-state index in [-0.39, 0.29) is 0 Å². The maximum absolute atomic E-state index is 4.57. The minimum atomic E-state index is 0.502. The Morgan fingerprint density at radius 3 is 2.79 bits per heavy atom. The zero-order valence-corrected chi connectivity index (χ0v) is 9.42. The quantitative estimate of drug-likeness (QED) is 0.591. The molecule has 0 aromatic rings. The van der Waals surface area contributed by atoms with E-state index in [1.807, 2.05) is 0 Å². The molecule has 1 heterocycles. The van der Waals surface area contributed by atoms with Gasteiger partial charge in [0.1, 0.15) is 0 Å². The Hall–Kier alpha value is -0.850. The van der Waals surface area contributed by atoms with Gasteiger partial charge in [0.05, 0.1) is 0 Å². The molecule has 1 nitrogen and oxygen atoms in total. The third-order valence-electron chi connectivity index (χ3n) is 2.50. The summed E-state index contributed by atoms with van der Waals surface area (Å²) >= 11 is 0. The van der Waals surface area contributed by atoms with Gasteiger partial charge < -0.3 is 0 Å². The van der Waals surface area contributed by atoms with Gasteiger partial charge in [0.15, 0.2) is 0 Å².